The molecular formula is C21H18O3. The minimum Gasteiger partial charge on any atom is -0.450 e. The van der Waals surface area contributed by atoms with Crippen LogP contribution in [-0.2, 0) is 14.3 Å². The summed E-state index contributed by atoms with van der Waals surface area (Å²) in [6, 6.07) is 18.9. The third kappa shape index (κ3) is 5.26. The van der Waals surface area contributed by atoms with Gasteiger partial charge in [-0.05, 0) is 30.0 Å². The normalized spacial score (nSPS) is 11.8. The summed E-state index contributed by atoms with van der Waals surface area (Å²) in [4.78, 5) is 23.5. The minimum absolute atomic E-state index is 0.316. The number of Topliss-reactive ketones (excluding diaryl/α,β-unsaturated/α-hetero) is 1. The molecule has 0 radical (unpaired) electrons. The number of esters is 1. The second-order valence-corrected chi connectivity index (χ2v) is 5.18. The van der Waals surface area contributed by atoms with Crippen LogP contribution in [-0.4, -0.2) is 17.9 Å². The van der Waals surface area contributed by atoms with Gasteiger partial charge in [-0.15, -0.1) is 0 Å². The van der Waals surface area contributed by atoms with Crippen LogP contribution >= 0.6 is 0 Å². The number of carbonyl (C=O) groups excluding carboxylic acids is 2. The standard InChI is InChI=1S/C21H18O3/c1-16(24-17(2)22)13-14-21(23)20(19-11-7-4-8-12-19)15-18-9-5-3-6-10-18/h3-12,15-16H,1-2H3/b20-15+. The van der Waals surface area contributed by atoms with Crippen LogP contribution in [0.2, 0.25) is 0 Å². The Labute approximate surface area is 142 Å². The summed E-state index contributed by atoms with van der Waals surface area (Å²) >= 11 is 0. The lowest BCUT2D eigenvalue weighted by molar-refractivity contribution is -0.143. The molecule has 0 saturated heterocycles. The largest absolute Gasteiger partial charge is 0.450 e. The molecule has 2 aromatic carbocycles. The molecular weight excluding hydrogens is 300 g/mol. The van der Waals surface area contributed by atoms with Gasteiger partial charge in [-0.25, -0.2) is 0 Å². The van der Waals surface area contributed by atoms with Crippen molar-refractivity contribution in [3.05, 3.63) is 71.8 Å². The Bertz CT molecular complexity index is 793. The van der Waals surface area contributed by atoms with Gasteiger partial charge in [0.05, 0.1) is 0 Å². The van der Waals surface area contributed by atoms with Crippen molar-refractivity contribution in [2.24, 2.45) is 0 Å². The average Bonchev–Trinajstić information content (AvgIpc) is 2.58. The van der Waals surface area contributed by atoms with E-state index >= 15 is 0 Å². The summed E-state index contributed by atoms with van der Waals surface area (Å²) in [5, 5.41) is 0. The molecule has 0 aromatic heterocycles. The number of rotatable bonds is 4. The first kappa shape index (κ1) is 17.2. The molecule has 1 unspecified atom stereocenters. The molecule has 3 heteroatoms. The number of ether oxygens (including phenoxy) is 1. The van der Waals surface area contributed by atoms with Crippen LogP contribution in [0.3, 0.4) is 0 Å². The lowest BCUT2D eigenvalue weighted by atomic mass is 9.99. The van der Waals surface area contributed by atoms with E-state index in [1.807, 2.05) is 66.7 Å². The highest BCUT2D eigenvalue weighted by atomic mass is 16.5. The van der Waals surface area contributed by atoms with E-state index in [1.54, 1.807) is 6.92 Å². The number of hydrogen-bond acceptors (Lipinski definition) is 3. The van der Waals surface area contributed by atoms with Crippen molar-refractivity contribution in [2.45, 2.75) is 20.0 Å². The van der Waals surface area contributed by atoms with E-state index < -0.39 is 12.1 Å². The molecule has 0 amide bonds. The molecule has 2 aromatic rings. The van der Waals surface area contributed by atoms with Crippen molar-refractivity contribution >= 4 is 23.4 Å². The summed E-state index contributed by atoms with van der Waals surface area (Å²) < 4.78 is 4.92. The van der Waals surface area contributed by atoms with Crippen LogP contribution in [0.4, 0.5) is 0 Å². The maximum atomic E-state index is 12.6. The van der Waals surface area contributed by atoms with Gasteiger partial charge in [0.2, 0.25) is 5.78 Å². The molecule has 0 aliphatic rings. The predicted octanol–water partition coefficient (Wildman–Crippen LogP) is 3.75. The average molecular weight is 318 g/mol. The van der Waals surface area contributed by atoms with Gasteiger partial charge in [0, 0.05) is 12.5 Å². The highest BCUT2D eigenvalue weighted by molar-refractivity contribution is 6.32. The second kappa shape index (κ2) is 8.50. The summed E-state index contributed by atoms with van der Waals surface area (Å²) in [6.45, 7) is 2.94. The third-order valence-electron chi connectivity index (χ3n) is 3.17. The van der Waals surface area contributed by atoms with E-state index in [-0.39, 0.29) is 5.78 Å². The zero-order valence-corrected chi connectivity index (χ0v) is 13.7. The van der Waals surface area contributed by atoms with Gasteiger partial charge >= 0.3 is 5.97 Å². The van der Waals surface area contributed by atoms with E-state index in [9.17, 15) is 9.59 Å². The van der Waals surface area contributed by atoms with E-state index in [2.05, 4.69) is 11.8 Å². The summed E-state index contributed by atoms with van der Waals surface area (Å²) in [5.74, 6) is 4.50. The monoisotopic (exact) mass is 318 g/mol. The van der Waals surface area contributed by atoms with Crippen molar-refractivity contribution < 1.29 is 14.3 Å². The molecule has 0 spiro atoms. The second-order valence-electron chi connectivity index (χ2n) is 5.18. The van der Waals surface area contributed by atoms with Gasteiger partial charge in [0.1, 0.15) is 0 Å². The van der Waals surface area contributed by atoms with Crippen molar-refractivity contribution in [1.29, 1.82) is 0 Å². The van der Waals surface area contributed by atoms with Crippen LogP contribution in [0.15, 0.2) is 60.7 Å². The van der Waals surface area contributed by atoms with E-state index in [4.69, 9.17) is 4.74 Å². The summed E-state index contributed by atoms with van der Waals surface area (Å²) in [5.41, 5.74) is 2.21. The van der Waals surface area contributed by atoms with E-state index in [0.717, 1.165) is 11.1 Å². The quantitative estimate of drug-likeness (QED) is 0.283. The lowest BCUT2D eigenvalue weighted by Gasteiger charge is -2.05. The van der Waals surface area contributed by atoms with Crippen LogP contribution in [0.5, 0.6) is 0 Å². The van der Waals surface area contributed by atoms with Gasteiger partial charge in [-0.2, -0.15) is 0 Å². The van der Waals surface area contributed by atoms with Crippen molar-refractivity contribution in [3.63, 3.8) is 0 Å². The van der Waals surface area contributed by atoms with Gasteiger partial charge < -0.3 is 4.74 Å². The number of benzene rings is 2. The number of hydrogen-bond donors (Lipinski definition) is 0. The van der Waals surface area contributed by atoms with Crippen LogP contribution in [0.1, 0.15) is 25.0 Å². The highest BCUT2D eigenvalue weighted by Crippen LogP contribution is 2.19. The maximum absolute atomic E-state index is 12.6. The van der Waals surface area contributed by atoms with Gasteiger partial charge in [-0.3, -0.25) is 9.59 Å². The fraction of sp³-hybridized carbons (Fsp3) is 0.143. The number of carbonyl (C=O) groups is 2. The molecule has 120 valence electrons. The van der Waals surface area contributed by atoms with Crippen molar-refractivity contribution in [3.8, 4) is 11.8 Å². The van der Waals surface area contributed by atoms with Gasteiger partial charge in [-0.1, -0.05) is 66.6 Å². The molecule has 24 heavy (non-hydrogen) atoms. The molecule has 0 aliphatic carbocycles. The predicted molar refractivity (Wildman–Crippen MR) is 94.8 cm³/mol. The Morgan fingerprint density at radius 2 is 1.58 bits per heavy atom. The number of ketones is 1. The molecule has 2 rings (SSSR count). The van der Waals surface area contributed by atoms with Crippen LogP contribution in [0, 0.1) is 11.8 Å². The van der Waals surface area contributed by atoms with Crippen molar-refractivity contribution in [1.82, 2.24) is 0 Å². The molecule has 3 nitrogen and oxygen atoms in total. The minimum atomic E-state index is -0.625. The Hall–Kier alpha value is -3.12. The zero-order chi connectivity index (χ0) is 17.4. The Morgan fingerprint density at radius 1 is 1.00 bits per heavy atom. The topological polar surface area (TPSA) is 43.4 Å². The van der Waals surface area contributed by atoms with Crippen LogP contribution in [0.25, 0.3) is 11.6 Å². The molecule has 0 heterocycles. The van der Waals surface area contributed by atoms with E-state index in [1.165, 1.54) is 6.92 Å². The summed E-state index contributed by atoms with van der Waals surface area (Å²) in [6.07, 6.45) is 1.18. The van der Waals surface area contributed by atoms with Crippen LogP contribution < -0.4 is 0 Å². The van der Waals surface area contributed by atoms with Gasteiger partial charge in [0.15, 0.2) is 6.10 Å². The molecule has 0 bridgehead atoms. The Morgan fingerprint density at radius 3 is 2.17 bits per heavy atom. The molecule has 0 N–H and O–H groups in total. The van der Waals surface area contributed by atoms with E-state index in [0.29, 0.717) is 5.57 Å². The highest BCUT2D eigenvalue weighted by Gasteiger charge is 2.10. The Kier molecular flexibility index (Phi) is 6.10. The smallest absolute Gasteiger partial charge is 0.303 e. The van der Waals surface area contributed by atoms with Crippen molar-refractivity contribution in [2.75, 3.05) is 0 Å². The fourth-order valence-electron chi connectivity index (χ4n) is 2.13. The molecule has 1 atom stereocenters. The first-order valence-electron chi connectivity index (χ1n) is 7.61. The number of allylic oxidation sites excluding steroid dienone is 1. The van der Waals surface area contributed by atoms with Gasteiger partial charge in [0.25, 0.3) is 0 Å². The first-order chi connectivity index (χ1) is 11.6. The molecule has 0 aliphatic heterocycles. The maximum Gasteiger partial charge on any atom is 0.303 e. The summed E-state index contributed by atoms with van der Waals surface area (Å²) in [7, 11) is 0. The molecule has 0 fully saturated rings. The fourth-order valence-corrected chi connectivity index (χ4v) is 2.13. The Balaban J connectivity index is 2.34. The first-order valence-corrected chi connectivity index (χ1v) is 7.61. The zero-order valence-electron chi connectivity index (χ0n) is 13.7. The lowest BCUT2D eigenvalue weighted by Crippen LogP contribution is -2.10. The molecule has 0 saturated carbocycles. The SMILES string of the molecule is CC(=O)OC(C)C#CC(=O)/C(=C/c1ccccc1)c1ccccc1. The third-order valence-corrected chi connectivity index (χ3v) is 3.17.